The molecule has 0 aliphatic heterocycles. The van der Waals surface area contributed by atoms with Gasteiger partial charge in [-0.1, -0.05) is 6.07 Å². The van der Waals surface area contributed by atoms with Crippen LogP contribution < -0.4 is 10.1 Å². The lowest BCUT2D eigenvalue weighted by Crippen LogP contribution is -2.08. The molecule has 0 aromatic heterocycles. The standard InChI is InChI=1S/C16H12F3NO2/c1-22-15-6-2-10(8-14(15)19)3-7-16(21)20-11-4-5-12(17)13(18)9-11/h2-9H,1H3,(H,20,21)/b7-3+. The summed E-state index contributed by atoms with van der Waals surface area (Å²) in [6.07, 6.45) is 2.54. The van der Waals surface area contributed by atoms with Crippen molar-refractivity contribution in [2.45, 2.75) is 0 Å². The van der Waals surface area contributed by atoms with Gasteiger partial charge in [-0.05, 0) is 35.9 Å². The second-order valence-corrected chi connectivity index (χ2v) is 4.35. The number of rotatable bonds is 4. The third kappa shape index (κ3) is 3.88. The topological polar surface area (TPSA) is 38.3 Å². The van der Waals surface area contributed by atoms with Gasteiger partial charge in [0.05, 0.1) is 7.11 Å². The summed E-state index contributed by atoms with van der Waals surface area (Å²) in [5, 5.41) is 2.37. The molecule has 0 saturated heterocycles. The number of amides is 1. The number of nitrogens with one attached hydrogen (secondary N) is 1. The number of hydrogen-bond donors (Lipinski definition) is 1. The summed E-state index contributed by atoms with van der Waals surface area (Å²) in [6.45, 7) is 0. The van der Waals surface area contributed by atoms with Gasteiger partial charge in [0.2, 0.25) is 5.91 Å². The van der Waals surface area contributed by atoms with Crippen LogP contribution in [0.1, 0.15) is 5.56 Å². The Hall–Kier alpha value is -2.76. The lowest BCUT2D eigenvalue weighted by Gasteiger charge is -2.03. The van der Waals surface area contributed by atoms with Gasteiger partial charge in [-0.3, -0.25) is 4.79 Å². The van der Waals surface area contributed by atoms with Gasteiger partial charge in [-0.15, -0.1) is 0 Å². The number of benzene rings is 2. The van der Waals surface area contributed by atoms with Gasteiger partial charge in [-0.2, -0.15) is 0 Å². The molecule has 1 amide bonds. The maximum atomic E-state index is 13.5. The van der Waals surface area contributed by atoms with E-state index in [0.717, 1.165) is 18.2 Å². The third-order valence-corrected chi connectivity index (χ3v) is 2.79. The second kappa shape index (κ2) is 6.80. The molecule has 114 valence electrons. The molecule has 2 aromatic carbocycles. The summed E-state index contributed by atoms with van der Waals surface area (Å²) in [6, 6.07) is 7.23. The zero-order valence-electron chi connectivity index (χ0n) is 11.6. The second-order valence-electron chi connectivity index (χ2n) is 4.35. The zero-order valence-corrected chi connectivity index (χ0v) is 11.6. The smallest absolute Gasteiger partial charge is 0.248 e. The largest absolute Gasteiger partial charge is 0.494 e. The number of hydrogen-bond acceptors (Lipinski definition) is 2. The normalized spacial score (nSPS) is 10.7. The molecule has 0 heterocycles. The summed E-state index contributed by atoms with van der Waals surface area (Å²) in [7, 11) is 1.35. The van der Waals surface area contributed by atoms with E-state index in [1.54, 1.807) is 6.07 Å². The van der Waals surface area contributed by atoms with Crippen LogP contribution in [0.5, 0.6) is 5.75 Å². The van der Waals surface area contributed by atoms with Crippen LogP contribution in [-0.4, -0.2) is 13.0 Å². The maximum Gasteiger partial charge on any atom is 0.248 e. The first-order valence-corrected chi connectivity index (χ1v) is 6.27. The molecular weight excluding hydrogens is 295 g/mol. The van der Waals surface area contributed by atoms with Gasteiger partial charge >= 0.3 is 0 Å². The molecule has 0 saturated carbocycles. The van der Waals surface area contributed by atoms with E-state index in [9.17, 15) is 18.0 Å². The average molecular weight is 307 g/mol. The molecule has 0 atom stereocenters. The van der Waals surface area contributed by atoms with Gasteiger partial charge in [0.15, 0.2) is 23.2 Å². The van der Waals surface area contributed by atoms with Gasteiger partial charge < -0.3 is 10.1 Å². The molecule has 0 fully saturated rings. The molecule has 0 aliphatic rings. The van der Waals surface area contributed by atoms with Crippen molar-refractivity contribution >= 4 is 17.7 Å². The van der Waals surface area contributed by atoms with Crippen molar-refractivity contribution in [1.29, 1.82) is 0 Å². The highest BCUT2D eigenvalue weighted by atomic mass is 19.2. The minimum absolute atomic E-state index is 0.100. The van der Waals surface area contributed by atoms with Crippen LogP contribution in [0.3, 0.4) is 0 Å². The van der Waals surface area contributed by atoms with Crippen LogP contribution in [-0.2, 0) is 4.79 Å². The number of halogens is 3. The summed E-state index contributed by atoms with van der Waals surface area (Å²) in [4.78, 5) is 11.7. The molecule has 0 aliphatic carbocycles. The number of methoxy groups -OCH3 is 1. The van der Waals surface area contributed by atoms with Crippen molar-refractivity contribution in [3.05, 3.63) is 65.5 Å². The van der Waals surface area contributed by atoms with E-state index in [0.29, 0.717) is 5.56 Å². The van der Waals surface area contributed by atoms with E-state index in [1.165, 1.54) is 31.4 Å². The average Bonchev–Trinajstić information content (AvgIpc) is 2.49. The molecule has 6 heteroatoms. The van der Waals surface area contributed by atoms with Crippen LogP contribution >= 0.6 is 0 Å². The van der Waals surface area contributed by atoms with E-state index >= 15 is 0 Å². The molecule has 22 heavy (non-hydrogen) atoms. The minimum atomic E-state index is -1.06. The Morgan fingerprint density at radius 2 is 1.82 bits per heavy atom. The van der Waals surface area contributed by atoms with Crippen LogP contribution in [0.4, 0.5) is 18.9 Å². The van der Waals surface area contributed by atoms with E-state index < -0.39 is 23.4 Å². The SMILES string of the molecule is COc1ccc(/C=C/C(=O)Nc2ccc(F)c(F)c2)cc1F. The Kier molecular flexibility index (Phi) is 4.83. The molecule has 0 bridgehead atoms. The summed E-state index contributed by atoms with van der Waals surface area (Å²) >= 11 is 0. The highest BCUT2D eigenvalue weighted by Gasteiger charge is 2.05. The Morgan fingerprint density at radius 3 is 2.45 bits per heavy atom. The molecule has 0 spiro atoms. The van der Waals surface area contributed by atoms with Crippen LogP contribution in [0.25, 0.3) is 6.08 Å². The van der Waals surface area contributed by atoms with Crippen molar-refractivity contribution in [2.75, 3.05) is 12.4 Å². The molecular formula is C16H12F3NO2. The lowest BCUT2D eigenvalue weighted by molar-refractivity contribution is -0.111. The molecule has 2 aromatic rings. The third-order valence-electron chi connectivity index (χ3n) is 2.79. The van der Waals surface area contributed by atoms with E-state index in [-0.39, 0.29) is 11.4 Å². The lowest BCUT2D eigenvalue weighted by atomic mass is 10.2. The van der Waals surface area contributed by atoms with E-state index in [2.05, 4.69) is 5.32 Å². The predicted molar refractivity (Wildman–Crippen MR) is 77.0 cm³/mol. The number of carbonyl (C=O) groups is 1. The first-order chi connectivity index (χ1) is 10.5. The maximum absolute atomic E-state index is 13.5. The highest BCUT2D eigenvalue weighted by molar-refractivity contribution is 6.01. The fourth-order valence-corrected chi connectivity index (χ4v) is 1.72. The van der Waals surface area contributed by atoms with Crippen molar-refractivity contribution in [2.24, 2.45) is 0 Å². The number of carbonyl (C=O) groups excluding carboxylic acids is 1. The molecule has 2 rings (SSSR count). The molecule has 0 unspecified atom stereocenters. The first kappa shape index (κ1) is 15.6. The monoisotopic (exact) mass is 307 g/mol. The van der Waals surface area contributed by atoms with Crippen LogP contribution in [0.2, 0.25) is 0 Å². The van der Waals surface area contributed by atoms with Crippen molar-refractivity contribution in [3.8, 4) is 5.75 Å². The summed E-state index contributed by atoms with van der Waals surface area (Å²) < 4.78 is 44.0. The Morgan fingerprint density at radius 1 is 1.05 bits per heavy atom. The van der Waals surface area contributed by atoms with Gasteiger partial charge in [0.25, 0.3) is 0 Å². The Bertz CT molecular complexity index is 729. The van der Waals surface area contributed by atoms with E-state index in [1.807, 2.05) is 0 Å². The number of ether oxygens (including phenoxy) is 1. The predicted octanol–water partition coefficient (Wildman–Crippen LogP) is 3.76. The van der Waals surface area contributed by atoms with Crippen LogP contribution in [0.15, 0.2) is 42.5 Å². The molecule has 0 radical (unpaired) electrons. The summed E-state index contributed by atoms with van der Waals surface area (Å²) in [5.41, 5.74) is 0.577. The van der Waals surface area contributed by atoms with Crippen LogP contribution in [0, 0.1) is 17.5 Å². The number of anilines is 1. The van der Waals surface area contributed by atoms with Gasteiger partial charge in [-0.25, -0.2) is 13.2 Å². The first-order valence-electron chi connectivity index (χ1n) is 6.27. The minimum Gasteiger partial charge on any atom is -0.494 e. The summed E-state index contributed by atoms with van der Waals surface area (Å²) in [5.74, 6) is -3.06. The fourth-order valence-electron chi connectivity index (χ4n) is 1.72. The van der Waals surface area contributed by atoms with Gasteiger partial charge in [0.1, 0.15) is 0 Å². The van der Waals surface area contributed by atoms with Crippen molar-refractivity contribution in [1.82, 2.24) is 0 Å². The zero-order chi connectivity index (χ0) is 16.1. The molecule has 1 N–H and O–H groups in total. The van der Waals surface area contributed by atoms with Gasteiger partial charge in [0, 0.05) is 17.8 Å². The Balaban J connectivity index is 2.04. The quantitative estimate of drug-likeness (QED) is 0.873. The molecule has 3 nitrogen and oxygen atoms in total. The van der Waals surface area contributed by atoms with Crippen molar-refractivity contribution in [3.63, 3.8) is 0 Å². The van der Waals surface area contributed by atoms with Crippen molar-refractivity contribution < 1.29 is 22.7 Å². The fraction of sp³-hybridized carbons (Fsp3) is 0.0625. The highest BCUT2D eigenvalue weighted by Crippen LogP contribution is 2.18. The Labute approximate surface area is 125 Å². The van der Waals surface area contributed by atoms with E-state index in [4.69, 9.17) is 4.74 Å².